The summed E-state index contributed by atoms with van der Waals surface area (Å²) in [5.41, 5.74) is 0. The smallest absolute Gasteiger partial charge is 0.313 e. The van der Waals surface area contributed by atoms with E-state index in [0.29, 0.717) is 6.61 Å². The van der Waals surface area contributed by atoms with Crippen LogP contribution in [0.1, 0.15) is 20.3 Å². The van der Waals surface area contributed by atoms with Crippen molar-refractivity contribution in [3.05, 3.63) is 0 Å². The van der Waals surface area contributed by atoms with Gasteiger partial charge in [0.25, 0.3) is 0 Å². The fraction of sp³-hybridized carbons (Fsp3) is 0.800. The molecule has 0 aliphatic rings. The third kappa shape index (κ3) is 12.9. The van der Waals surface area contributed by atoms with Crippen molar-refractivity contribution >= 4 is 11.8 Å². The number of rotatable bonds is 6. The summed E-state index contributed by atoms with van der Waals surface area (Å²) in [5.74, 6) is -0.599. The number of carbonyl (C=O) groups is 2. The van der Waals surface area contributed by atoms with Crippen molar-refractivity contribution < 1.29 is 34.8 Å². The lowest BCUT2D eigenvalue weighted by Crippen LogP contribution is -2.31. The maximum absolute atomic E-state index is 10.4. The van der Waals surface area contributed by atoms with Crippen molar-refractivity contribution in [3.63, 3.8) is 0 Å². The zero-order valence-electron chi connectivity index (χ0n) is 10.00. The molecule has 0 bridgehead atoms. The van der Waals surface area contributed by atoms with Crippen LogP contribution in [0, 0.1) is 0 Å². The first-order valence-corrected chi connectivity index (χ1v) is 5.11. The van der Waals surface area contributed by atoms with Crippen LogP contribution in [0.25, 0.3) is 0 Å². The highest BCUT2D eigenvalue weighted by Crippen LogP contribution is 1.88. The number of ether oxygens (including phenoxy) is 1. The highest BCUT2D eigenvalue weighted by Gasteiger charge is 2.12. The Morgan fingerprint density at radius 1 is 1.12 bits per heavy atom. The largest absolute Gasteiger partial charge is 0.466 e. The monoisotopic (exact) mass is 252 g/mol. The molecule has 0 spiro atoms. The molecule has 102 valence electrons. The number of aliphatic hydroxyl groups excluding tert-OH is 4. The van der Waals surface area contributed by atoms with Crippen molar-refractivity contribution in [2.24, 2.45) is 0 Å². The molecule has 0 fully saturated rings. The van der Waals surface area contributed by atoms with Gasteiger partial charge in [-0.15, -0.1) is 0 Å². The van der Waals surface area contributed by atoms with Crippen molar-refractivity contribution in [3.8, 4) is 0 Å². The summed E-state index contributed by atoms with van der Waals surface area (Å²) in [7, 11) is 0. The number of aliphatic hydroxyl groups is 4. The Hall–Kier alpha value is -1.02. The topological polar surface area (TPSA) is 124 Å². The summed E-state index contributed by atoms with van der Waals surface area (Å²) in [5, 5.41) is 33.2. The van der Waals surface area contributed by atoms with E-state index in [1.165, 1.54) is 6.92 Å². The summed E-state index contributed by atoms with van der Waals surface area (Å²) in [6, 6.07) is 0. The first kappa shape index (κ1) is 18.3. The second-order valence-electron chi connectivity index (χ2n) is 3.18. The lowest BCUT2D eigenvalue weighted by atomic mass is 10.2. The van der Waals surface area contributed by atoms with Gasteiger partial charge < -0.3 is 25.2 Å². The van der Waals surface area contributed by atoms with E-state index in [1.807, 2.05) is 0 Å². The van der Waals surface area contributed by atoms with E-state index in [4.69, 9.17) is 20.4 Å². The third-order valence-corrected chi connectivity index (χ3v) is 1.52. The summed E-state index contributed by atoms with van der Waals surface area (Å²) in [6.45, 7) is 2.35. The van der Waals surface area contributed by atoms with Gasteiger partial charge in [-0.1, -0.05) is 0 Å². The van der Waals surface area contributed by atoms with E-state index >= 15 is 0 Å². The van der Waals surface area contributed by atoms with E-state index in [1.54, 1.807) is 6.92 Å². The molecule has 0 heterocycles. The second-order valence-corrected chi connectivity index (χ2v) is 3.18. The van der Waals surface area contributed by atoms with Crippen LogP contribution in [0.2, 0.25) is 0 Å². The van der Waals surface area contributed by atoms with Crippen LogP contribution in [0.3, 0.4) is 0 Å². The molecule has 0 saturated carbocycles. The van der Waals surface area contributed by atoms with Gasteiger partial charge in [0.2, 0.25) is 0 Å². The molecular formula is C10H20O7. The molecule has 0 rings (SSSR count). The number of hydrogen-bond donors (Lipinski definition) is 4. The first-order valence-electron chi connectivity index (χ1n) is 5.11. The van der Waals surface area contributed by atoms with Crippen LogP contribution in [0.4, 0.5) is 0 Å². The SMILES string of the molecule is CCOC(=O)CC(C)=O.OC[C@@H](O)[C@@H](O)CO. The minimum atomic E-state index is -1.22. The molecule has 0 radical (unpaired) electrons. The van der Waals surface area contributed by atoms with Crippen LogP contribution >= 0.6 is 0 Å². The van der Waals surface area contributed by atoms with Gasteiger partial charge in [0, 0.05) is 0 Å². The Bertz CT molecular complexity index is 209. The molecule has 7 nitrogen and oxygen atoms in total. The van der Waals surface area contributed by atoms with Crippen molar-refractivity contribution in [1.29, 1.82) is 0 Å². The average Bonchev–Trinajstić information content (AvgIpc) is 2.27. The van der Waals surface area contributed by atoms with Crippen molar-refractivity contribution in [2.45, 2.75) is 32.5 Å². The third-order valence-electron chi connectivity index (χ3n) is 1.52. The molecule has 0 unspecified atom stereocenters. The molecule has 0 aromatic carbocycles. The summed E-state index contributed by atoms with van der Waals surface area (Å²) in [4.78, 5) is 20.6. The zero-order valence-corrected chi connectivity index (χ0v) is 10.00. The molecule has 7 heteroatoms. The highest BCUT2D eigenvalue weighted by molar-refractivity contribution is 5.94. The Labute approximate surface area is 99.6 Å². The highest BCUT2D eigenvalue weighted by atomic mass is 16.5. The Morgan fingerprint density at radius 3 is 1.76 bits per heavy atom. The standard InChI is InChI=1S/C6H10O3.C4H10O4/c1-3-9-6(8)4-5(2)7;5-1-3(7)4(8)2-6/h3-4H2,1-2H3;3-8H,1-2H2/t;3-,4+. The summed E-state index contributed by atoms with van der Waals surface area (Å²) < 4.78 is 4.49. The van der Waals surface area contributed by atoms with E-state index in [2.05, 4.69) is 4.74 Å². The Morgan fingerprint density at radius 2 is 1.53 bits per heavy atom. The molecule has 0 aliphatic heterocycles. The maximum atomic E-state index is 10.4. The predicted molar refractivity (Wildman–Crippen MR) is 58.1 cm³/mol. The van der Waals surface area contributed by atoms with Gasteiger partial charge in [0.05, 0.1) is 19.8 Å². The molecule has 0 saturated heterocycles. The number of Topliss-reactive ketones (excluding diaryl/α,β-unsaturated/α-hetero) is 1. The van der Waals surface area contributed by atoms with E-state index in [0.717, 1.165) is 0 Å². The van der Waals surface area contributed by atoms with E-state index < -0.39 is 31.4 Å². The average molecular weight is 252 g/mol. The molecular weight excluding hydrogens is 232 g/mol. The fourth-order valence-corrected chi connectivity index (χ4v) is 0.659. The van der Waals surface area contributed by atoms with Gasteiger partial charge in [-0.25, -0.2) is 0 Å². The zero-order chi connectivity index (χ0) is 13.8. The predicted octanol–water partition coefficient (Wildman–Crippen LogP) is -1.78. The molecule has 0 amide bonds. The molecule has 0 aliphatic carbocycles. The van der Waals surface area contributed by atoms with Crippen LogP contribution < -0.4 is 0 Å². The number of esters is 1. The minimum Gasteiger partial charge on any atom is -0.466 e. The lowest BCUT2D eigenvalue weighted by Gasteiger charge is -2.10. The molecule has 0 aromatic heterocycles. The second kappa shape index (κ2) is 11.5. The van der Waals surface area contributed by atoms with E-state index in [-0.39, 0.29) is 12.2 Å². The van der Waals surface area contributed by atoms with Crippen LogP contribution in [0.15, 0.2) is 0 Å². The fourth-order valence-electron chi connectivity index (χ4n) is 0.659. The lowest BCUT2D eigenvalue weighted by molar-refractivity contribution is -0.145. The van der Waals surface area contributed by atoms with Gasteiger partial charge in [0.1, 0.15) is 24.4 Å². The Balaban J connectivity index is 0. The molecule has 0 aromatic rings. The van der Waals surface area contributed by atoms with Crippen LogP contribution in [-0.2, 0) is 14.3 Å². The van der Waals surface area contributed by atoms with Crippen molar-refractivity contribution in [1.82, 2.24) is 0 Å². The number of hydrogen-bond acceptors (Lipinski definition) is 7. The van der Waals surface area contributed by atoms with Gasteiger partial charge in [-0.2, -0.15) is 0 Å². The van der Waals surface area contributed by atoms with Crippen molar-refractivity contribution in [2.75, 3.05) is 19.8 Å². The van der Waals surface area contributed by atoms with Crippen LogP contribution in [-0.4, -0.2) is 64.2 Å². The normalized spacial score (nSPS) is 13.1. The summed E-state index contributed by atoms with van der Waals surface area (Å²) >= 11 is 0. The van der Waals surface area contributed by atoms with Crippen LogP contribution in [0.5, 0.6) is 0 Å². The molecule has 4 N–H and O–H groups in total. The Kier molecular flexibility index (Phi) is 12.4. The first-order chi connectivity index (χ1) is 7.88. The molecule has 17 heavy (non-hydrogen) atoms. The van der Waals surface area contributed by atoms with Gasteiger partial charge in [-0.05, 0) is 13.8 Å². The number of ketones is 1. The van der Waals surface area contributed by atoms with Gasteiger partial charge >= 0.3 is 5.97 Å². The maximum Gasteiger partial charge on any atom is 0.313 e. The minimum absolute atomic E-state index is 0.103. The van der Waals surface area contributed by atoms with Gasteiger partial charge in [0.15, 0.2) is 0 Å². The summed E-state index contributed by atoms with van der Waals surface area (Å²) in [6.07, 6.45) is -2.55. The quantitative estimate of drug-likeness (QED) is 0.325. The molecule has 2 atom stereocenters. The van der Waals surface area contributed by atoms with Gasteiger partial charge in [-0.3, -0.25) is 9.59 Å². The van der Waals surface area contributed by atoms with E-state index in [9.17, 15) is 9.59 Å². The number of carbonyl (C=O) groups excluding carboxylic acids is 2.